The molecule has 124 valence electrons. The summed E-state index contributed by atoms with van der Waals surface area (Å²) >= 11 is 0. The topological polar surface area (TPSA) is 101 Å². The van der Waals surface area contributed by atoms with E-state index in [1.165, 1.54) is 12.8 Å². The molecule has 0 unspecified atom stereocenters. The van der Waals surface area contributed by atoms with Crippen molar-refractivity contribution in [1.82, 2.24) is 20.2 Å². The molecule has 0 saturated heterocycles. The van der Waals surface area contributed by atoms with Gasteiger partial charge in [-0.05, 0) is 31.4 Å². The fraction of sp³-hybridized carbons (Fsp3) is 0.533. The molecule has 0 aliphatic heterocycles. The van der Waals surface area contributed by atoms with E-state index in [9.17, 15) is 8.42 Å². The lowest BCUT2D eigenvalue weighted by Crippen LogP contribution is -2.19. The first kappa shape index (κ1) is 15.9. The Kier molecular flexibility index (Phi) is 4.61. The summed E-state index contributed by atoms with van der Waals surface area (Å²) in [6.07, 6.45) is 7.00. The number of pyridine rings is 1. The van der Waals surface area contributed by atoms with Crippen molar-refractivity contribution < 1.29 is 8.42 Å². The third-order valence-electron chi connectivity index (χ3n) is 4.14. The van der Waals surface area contributed by atoms with Crippen LogP contribution in [0.15, 0.2) is 18.3 Å². The number of H-pyrrole nitrogens is 1. The van der Waals surface area contributed by atoms with Crippen LogP contribution in [0, 0.1) is 12.8 Å². The number of rotatable bonds is 6. The van der Waals surface area contributed by atoms with Crippen molar-refractivity contribution in [3.8, 4) is 11.4 Å². The van der Waals surface area contributed by atoms with E-state index in [2.05, 4.69) is 24.9 Å². The highest BCUT2D eigenvalue weighted by atomic mass is 32.2. The molecule has 7 nitrogen and oxygen atoms in total. The molecule has 0 amide bonds. The van der Waals surface area contributed by atoms with Crippen LogP contribution in [0.1, 0.15) is 37.9 Å². The molecular formula is C15H21N5O2S. The van der Waals surface area contributed by atoms with Crippen LogP contribution in [0.25, 0.3) is 11.4 Å². The minimum absolute atomic E-state index is 0.142. The second-order valence-electron chi connectivity index (χ2n) is 6.03. The average Bonchev–Trinajstić information content (AvgIpc) is 3.16. The van der Waals surface area contributed by atoms with Crippen LogP contribution in [0.2, 0.25) is 0 Å². The van der Waals surface area contributed by atoms with Crippen molar-refractivity contribution >= 4 is 15.8 Å². The summed E-state index contributed by atoms with van der Waals surface area (Å²) in [5.41, 5.74) is 0.720. The third-order valence-corrected chi connectivity index (χ3v) is 5.44. The second kappa shape index (κ2) is 6.66. The summed E-state index contributed by atoms with van der Waals surface area (Å²) in [6.45, 7) is 1.81. The van der Waals surface area contributed by atoms with Gasteiger partial charge in [0.25, 0.3) is 0 Å². The Morgan fingerprint density at radius 1 is 1.35 bits per heavy atom. The molecule has 2 aromatic heterocycles. The van der Waals surface area contributed by atoms with Crippen molar-refractivity contribution in [3.63, 3.8) is 0 Å². The molecule has 2 N–H and O–H groups in total. The number of nitrogens with one attached hydrogen (secondary N) is 2. The van der Waals surface area contributed by atoms with E-state index in [0.29, 0.717) is 23.4 Å². The Morgan fingerprint density at radius 2 is 2.13 bits per heavy atom. The molecule has 0 radical (unpaired) electrons. The maximum Gasteiger partial charge on any atom is 0.233 e. The number of nitrogens with zero attached hydrogens (tertiary/aromatic N) is 3. The molecule has 3 rings (SSSR count). The van der Waals surface area contributed by atoms with Crippen molar-refractivity contribution in [2.45, 2.75) is 39.0 Å². The minimum atomic E-state index is -3.38. The molecular weight excluding hydrogens is 314 g/mol. The van der Waals surface area contributed by atoms with E-state index in [4.69, 9.17) is 0 Å². The van der Waals surface area contributed by atoms with Crippen LogP contribution in [-0.2, 0) is 10.0 Å². The first-order chi connectivity index (χ1) is 11.0. The van der Waals surface area contributed by atoms with Gasteiger partial charge in [0.2, 0.25) is 10.0 Å². The summed E-state index contributed by atoms with van der Waals surface area (Å²) in [6, 6.07) is 3.40. The highest BCUT2D eigenvalue weighted by Crippen LogP contribution is 2.28. The van der Waals surface area contributed by atoms with Gasteiger partial charge < -0.3 is 0 Å². The number of hydrogen-bond acceptors (Lipinski definition) is 5. The molecule has 1 fully saturated rings. The Bertz CT molecular complexity index is 766. The van der Waals surface area contributed by atoms with Gasteiger partial charge >= 0.3 is 0 Å². The Morgan fingerprint density at radius 3 is 2.83 bits per heavy atom. The van der Waals surface area contributed by atoms with Crippen molar-refractivity contribution in [3.05, 3.63) is 24.2 Å². The van der Waals surface area contributed by atoms with Gasteiger partial charge in [-0.3, -0.25) is 9.82 Å². The lowest BCUT2D eigenvalue weighted by Gasteiger charge is -2.11. The number of hydrogen-bond donors (Lipinski definition) is 2. The van der Waals surface area contributed by atoms with E-state index in [-0.39, 0.29) is 5.75 Å². The lowest BCUT2D eigenvalue weighted by molar-refractivity contribution is 0.522. The van der Waals surface area contributed by atoms with Gasteiger partial charge in [-0.15, -0.1) is 0 Å². The predicted octanol–water partition coefficient (Wildman–Crippen LogP) is 2.50. The highest BCUT2D eigenvalue weighted by molar-refractivity contribution is 7.92. The van der Waals surface area contributed by atoms with Crippen LogP contribution in [0.4, 0.5) is 5.82 Å². The largest absolute Gasteiger partial charge is 0.267 e. The van der Waals surface area contributed by atoms with E-state index in [1.54, 1.807) is 18.3 Å². The molecule has 1 aliphatic rings. The van der Waals surface area contributed by atoms with Gasteiger partial charge in [0.1, 0.15) is 11.6 Å². The normalized spacial score (nSPS) is 15.9. The van der Waals surface area contributed by atoms with Crippen LogP contribution in [0.5, 0.6) is 0 Å². The quantitative estimate of drug-likeness (QED) is 0.844. The monoisotopic (exact) mass is 335 g/mol. The predicted molar refractivity (Wildman–Crippen MR) is 88.3 cm³/mol. The zero-order valence-electron chi connectivity index (χ0n) is 13.1. The van der Waals surface area contributed by atoms with E-state index < -0.39 is 10.0 Å². The van der Waals surface area contributed by atoms with Crippen molar-refractivity contribution in [2.24, 2.45) is 5.92 Å². The molecule has 1 saturated carbocycles. The average molecular weight is 335 g/mol. The molecule has 0 bridgehead atoms. The van der Waals surface area contributed by atoms with Crippen molar-refractivity contribution in [1.29, 1.82) is 0 Å². The van der Waals surface area contributed by atoms with Gasteiger partial charge in [0.05, 0.1) is 5.75 Å². The van der Waals surface area contributed by atoms with Gasteiger partial charge in [-0.2, -0.15) is 5.10 Å². The smallest absolute Gasteiger partial charge is 0.233 e. The summed E-state index contributed by atoms with van der Waals surface area (Å²) in [5.74, 6) is 2.22. The summed E-state index contributed by atoms with van der Waals surface area (Å²) in [7, 11) is -3.38. The molecule has 2 heterocycles. The molecule has 0 atom stereocenters. The zero-order valence-corrected chi connectivity index (χ0v) is 13.9. The molecule has 23 heavy (non-hydrogen) atoms. The van der Waals surface area contributed by atoms with Crippen molar-refractivity contribution in [2.75, 3.05) is 10.5 Å². The molecule has 8 heteroatoms. The maximum atomic E-state index is 12.2. The van der Waals surface area contributed by atoms with Gasteiger partial charge in [-0.1, -0.05) is 25.7 Å². The van der Waals surface area contributed by atoms with E-state index in [1.807, 2.05) is 6.92 Å². The fourth-order valence-corrected chi connectivity index (χ4v) is 4.10. The zero-order chi connectivity index (χ0) is 16.3. The number of anilines is 1. The number of sulfonamides is 1. The van der Waals surface area contributed by atoms with Crippen LogP contribution < -0.4 is 4.72 Å². The Balaban J connectivity index is 1.66. The van der Waals surface area contributed by atoms with Crippen LogP contribution in [0.3, 0.4) is 0 Å². The van der Waals surface area contributed by atoms with E-state index in [0.717, 1.165) is 24.8 Å². The maximum absolute atomic E-state index is 12.2. The standard InChI is InChI=1S/C15H21N5O2S/c1-11-17-15(19-18-11)13-6-8-16-14(10-13)20-23(21,22)9-7-12-4-2-3-5-12/h6,8,10,12H,2-5,7,9H2,1H3,(H,16,20)(H,17,18,19). The summed E-state index contributed by atoms with van der Waals surface area (Å²) in [4.78, 5) is 8.32. The number of aromatic amines is 1. The van der Waals surface area contributed by atoms with Gasteiger partial charge in [0.15, 0.2) is 5.82 Å². The first-order valence-corrected chi connectivity index (χ1v) is 9.53. The number of aromatic nitrogens is 4. The van der Waals surface area contributed by atoms with Crippen LogP contribution in [-0.4, -0.2) is 34.3 Å². The molecule has 0 aromatic carbocycles. The molecule has 1 aliphatic carbocycles. The summed E-state index contributed by atoms with van der Waals surface area (Å²) in [5, 5.41) is 6.84. The second-order valence-corrected chi connectivity index (χ2v) is 7.88. The first-order valence-electron chi connectivity index (χ1n) is 7.88. The third kappa shape index (κ3) is 4.28. The number of aryl methyl sites for hydroxylation is 1. The minimum Gasteiger partial charge on any atom is -0.267 e. The fourth-order valence-electron chi connectivity index (χ4n) is 2.93. The molecule has 2 aromatic rings. The summed E-state index contributed by atoms with van der Waals surface area (Å²) < 4.78 is 27.0. The Labute approximate surface area is 136 Å². The lowest BCUT2D eigenvalue weighted by atomic mass is 10.1. The SMILES string of the molecule is Cc1nc(-c2ccnc(NS(=O)(=O)CCC3CCCC3)c2)n[nH]1. The van der Waals surface area contributed by atoms with E-state index >= 15 is 0 Å². The van der Waals surface area contributed by atoms with Gasteiger partial charge in [0, 0.05) is 11.8 Å². The highest BCUT2D eigenvalue weighted by Gasteiger charge is 2.19. The van der Waals surface area contributed by atoms with Crippen LogP contribution >= 0.6 is 0 Å². The molecule has 0 spiro atoms. The Hall–Kier alpha value is -1.96. The van der Waals surface area contributed by atoms with Gasteiger partial charge in [-0.25, -0.2) is 18.4 Å².